The quantitative estimate of drug-likeness (QED) is 0.757. The molecule has 0 heterocycles. The number of benzene rings is 2. The minimum Gasteiger partial charge on any atom is -0.326 e. The van der Waals surface area contributed by atoms with Gasteiger partial charge in [0, 0.05) is 22.2 Å². The lowest BCUT2D eigenvalue weighted by atomic mass is 10.1. The van der Waals surface area contributed by atoms with Crippen LogP contribution in [0.3, 0.4) is 0 Å². The van der Waals surface area contributed by atoms with Gasteiger partial charge in [0.1, 0.15) is 0 Å². The second-order valence-electron chi connectivity index (χ2n) is 6.45. The molecule has 0 unspecified atom stereocenters. The molecule has 2 aromatic rings. The van der Waals surface area contributed by atoms with Gasteiger partial charge >= 0.3 is 0 Å². The van der Waals surface area contributed by atoms with Crippen molar-refractivity contribution in [2.24, 2.45) is 5.92 Å². The molecule has 25 heavy (non-hydrogen) atoms. The van der Waals surface area contributed by atoms with E-state index in [-0.39, 0.29) is 17.7 Å². The smallest absolute Gasteiger partial charge is 0.234 e. The highest BCUT2D eigenvalue weighted by Gasteiger charge is 2.29. The summed E-state index contributed by atoms with van der Waals surface area (Å²) >= 11 is 1.46. The fourth-order valence-corrected chi connectivity index (χ4v) is 3.30. The Bertz CT molecular complexity index is 800. The number of thioether (sulfide) groups is 1. The van der Waals surface area contributed by atoms with Crippen LogP contribution in [0, 0.1) is 19.8 Å². The van der Waals surface area contributed by atoms with Crippen molar-refractivity contribution in [1.82, 2.24) is 0 Å². The lowest BCUT2D eigenvalue weighted by Crippen LogP contribution is -2.15. The van der Waals surface area contributed by atoms with Crippen LogP contribution in [-0.4, -0.2) is 17.6 Å². The van der Waals surface area contributed by atoms with Gasteiger partial charge in [-0.25, -0.2) is 0 Å². The molecule has 2 amide bonds. The average molecular weight is 354 g/mol. The molecule has 2 N–H and O–H groups in total. The summed E-state index contributed by atoms with van der Waals surface area (Å²) in [5, 5.41) is 5.88. The molecule has 1 fully saturated rings. The van der Waals surface area contributed by atoms with Gasteiger partial charge in [-0.15, -0.1) is 11.8 Å². The number of rotatable bonds is 6. The van der Waals surface area contributed by atoms with Crippen LogP contribution in [0.4, 0.5) is 11.4 Å². The highest BCUT2D eigenvalue weighted by atomic mass is 32.2. The fourth-order valence-electron chi connectivity index (χ4n) is 2.54. The van der Waals surface area contributed by atoms with E-state index in [1.54, 1.807) is 0 Å². The molecule has 0 bridgehead atoms. The largest absolute Gasteiger partial charge is 0.326 e. The maximum atomic E-state index is 12.2. The maximum Gasteiger partial charge on any atom is 0.234 e. The molecular formula is C20H22N2O2S. The van der Waals surface area contributed by atoms with Crippen LogP contribution < -0.4 is 10.6 Å². The van der Waals surface area contributed by atoms with E-state index < -0.39 is 0 Å². The fraction of sp³-hybridized carbons (Fsp3) is 0.300. The van der Waals surface area contributed by atoms with Gasteiger partial charge in [-0.1, -0.05) is 23.8 Å². The van der Waals surface area contributed by atoms with Gasteiger partial charge < -0.3 is 10.6 Å². The molecule has 0 atom stereocenters. The van der Waals surface area contributed by atoms with E-state index in [0.717, 1.165) is 34.7 Å². The van der Waals surface area contributed by atoms with Crippen molar-refractivity contribution in [1.29, 1.82) is 0 Å². The molecule has 2 aromatic carbocycles. The minimum absolute atomic E-state index is 0.0376. The third kappa shape index (κ3) is 5.10. The van der Waals surface area contributed by atoms with Gasteiger partial charge in [-0.2, -0.15) is 0 Å². The van der Waals surface area contributed by atoms with Crippen molar-refractivity contribution in [2.75, 3.05) is 16.4 Å². The molecule has 1 aliphatic rings. The predicted octanol–water partition coefficient (Wildman–Crippen LogP) is 4.38. The number of hydrogen-bond acceptors (Lipinski definition) is 3. The number of anilines is 2. The summed E-state index contributed by atoms with van der Waals surface area (Å²) in [6, 6.07) is 13.6. The van der Waals surface area contributed by atoms with Crippen LogP contribution in [0.2, 0.25) is 0 Å². The molecule has 5 heteroatoms. The number of nitrogens with one attached hydrogen (secondary N) is 2. The van der Waals surface area contributed by atoms with E-state index >= 15 is 0 Å². The number of hydrogen-bond donors (Lipinski definition) is 2. The van der Waals surface area contributed by atoms with E-state index in [0.29, 0.717) is 5.75 Å². The van der Waals surface area contributed by atoms with Gasteiger partial charge in [-0.05, 0) is 56.5 Å². The number of amides is 2. The zero-order valence-corrected chi connectivity index (χ0v) is 15.3. The highest BCUT2D eigenvalue weighted by Crippen LogP contribution is 2.30. The van der Waals surface area contributed by atoms with E-state index in [9.17, 15) is 9.59 Å². The SMILES string of the molecule is Cc1ccc(NC(=O)CSc2cccc(NC(=O)C3CC3)c2)c(C)c1. The first-order valence-electron chi connectivity index (χ1n) is 8.42. The number of aryl methyl sites for hydroxylation is 2. The van der Waals surface area contributed by atoms with Gasteiger partial charge in [0.2, 0.25) is 11.8 Å². The molecule has 0 saturated heterocycles. The Morgan fingerprint density at radius 1 is 1.08 bits per heavy atom. The Balaban J connectivity index is 1.53. The zero-order chi connectivity index (χ0) is 17.8. The van der Waals surface area contributed by atoms with Crippen LogP contribution >= 0.6 is 11.8 Å². The van der Waals surface area contributed by atoms with Crippen LogP contribution in [0.25, 0.3) is 0 Å². The van der Waals surface area contributed by atoms with Crippen LogP contribution in [0.15, 0.2) is 47.4 Å². The van der Waals surface area contributed by atoms with Gasteiger partial charge in [0.25, 0.3) is 0 Å². The third-order valence-corrected chi connectivity index (χ3v) is 5.07. The highest BCUT2D eigenvalue weighted by molar-refractivity contribution is 8.00. The van der Waals surface area contributed by atoms with E-state index in [1.807, 2.05) is 50.2 Å². The van der Waals surface area contributed by atoms with Crippen molar-refractivity contribution in [3.8, 4) is 0 Å². The first-order valence-corrected chi connectivity index (χ1v) is 9.40. The molecule has 0 aromatic heterocycles. The number of carbonyl (C=O) groups is 2. The molecule has 1 saturated carbocycles. The summed E-state index contributed by atoms with van der Waals surface area (Å²) in [7, 11) is 0. The Labute approximate surface area is 152 Å². The minimum atomic E-state index is -0.0376. The third-order valence-electron chi connectivity index (χ3n) is 4.08. The van der Waals surface area contributed by atoms with Crippen LogP contribution in [-0.2, 0) is 9.59 Å². The topological polar surface area (TPSA) is 58.2 Å². The van der Waals surface area contributed by atoms with E-state index in [4.69, 9.17) is 0 Å². The first-order chi connectivity index (χ1) is 12.0. The zero-order valence-electron chi connectivity index (χ0n) is 14.5. The summed E-state index contributed by atoms with van der Waals surface area (Å²) in [5.74, 6) is 0.562. The maximum absolute atomic E-state index is 12.2. The van der Waals surface area contributed by atoms with Crippen molar-refractivity contribution in [3.05, 3.63) is 53.6 Å². The second kappa shape index (κ2) is 7.74. The molecule has 3 rings (SSSR count). The standard InChI is InChI=1S/C20H22N2O2S/c1-13-6-9-18(14(2)10-13)22-19(23)12-25-17-5-3-4-16(11-17)21-20(24)15-7-8-15/h3-6,9-11,15H,7-8,12H2,1-2H3,(H,21,24)(H,22,23). The van der Waals surface area contributed by atoms with Crippen molar-refractivity contribution < 1.29 is 9.59 Å². The Morgan fingerprint density at radius 3 is 2.60 bits per heavy atom. The van der Waals surface area contributed by atoms with Gasteiger partial charge in [0.15, 0.2) is 0 Å². The Hall–Kier alpha value is -2.27. The summed E-state index contributed by atoms with van der Waals surface area (Å²) in [6.45, 7) is 4.02. The summed E-state index contributed by atoms with van der Waals surface area (Å²) in [6.07, 6.45) is 1.97. The van der Waals surface area contributed by atoms with Crippen molar-refractivity contribution >= 4 is 35.0 Å². The molecule has 4 nitrogen and oxygen atoms in total. The van der Waals surface area contributed by atoms with Crippen molar-refractivity contribution in [3.63, 3.8) is 0 Å². The molecule has 0 radical (unpaired) electrons. The van der Waals surface area contributed by atoms with Crippen molar-refractivity contribution in [2.45, 2.75) is 31.6 Å². The molecular weight excluding hydrogens is 332 g/mol. The normalized spacial score (nSPS) is 13.4. The first kappa shape index (κ1) is 17.5. The van der Waals surface area contributed by atoms with Crippen LogP contribution in [0.1, 0.15) is 24.0 Å². The number of carbonyl (C=O) groups excluding carboxylic acids is 2. The van der Waals surface area contributed by atoms with Crippen LogP contribution in [0.5, 0.6) is 0 Å². The monoisotopic (exact) mass is 354 g/mol. The molecule has 130 valence electrons. The van der Waals surface area contributed by atoms with Gasteiger partial charge in [-0.3, -0.25) is 9.59 Å². The summed E-state index contributed by atoms with van der Waals surface area (Å²) in [4.78, 5) is 25.0. The molecule has 0 aliphatic heterocycles. The molecule has 1 aliphatic carbocycles. The summed E-state index contributed by atoms with van der Waals surface area (Å²) < 4.78 is 0. The Morgan fingerprint density at radius 2 is 1.88 bits per heavy atom. The molecule has 0 spiro atoms. The van der Waals surface area contributed by atoms with E-state index in [2.05, 4.69) is 16.7 Å². The average Bonchev–Trinajstić information content (AvgIpc) is 3.41. The summed E-state index contributed by atoms with van der Waals surface area (Å²) in [5.41, 5.74) is 3.87. The lowest BCUT2D eigenvalue weighted by molar-refractivity contribution is -0.117. The van der Waals surface area contributed by atoms with Gasteiger partial charge in [0.05, 0.1) is 5.75 Å². The predicted molar refractivity (Wildman–Crippen MR) is 103 cm³/mol. The Kier molecular flexibility index (Phi) is 5.43. The lowest BCUT2D eigenvalue weighted by Gasteiger charge is -2.10. The second-order valence-corrected chi connectivity index (χ2v) is 7.50. The van der Waals surface area contributed by atoms with E-state index in [1.165, 1.54) is 17.3 Å².